The standard InChI is InChI=1S/C24H20BrN5O6/c1-13-20-18(26-27-22(31)14-5-9-16(25)10-6-14)3-2-4-19(20)36-21(13)24(33)29-28-23(32)15-7-11-17(12-8-15)30(34)35/h5-12H,2-4H2,1H3,(H,27,31)(H,28,32)(H,29,33)/b26-18+. The van der Waals surface area contributed by atoms with Crippen LogP contribution in [0, 0.1) is 17.0 Å². The first-order valence-electron chi connectivity index (χ1n) is 10.8. The summed E-state index contributed by atoms with van der Waals surface area (Å²) in [6.45, 7) is 1.70. The Morgan fingerprint density at radius 2 is 1.56 bits per heavy atom. The number of nitro benzene ring substituents is 1. The Morgan fingerprint density at radius 3 is 2.22 bits per heavy atom. The Morgan fingerprint density at radius 1 is 0.944 bits per heavy atom. The van der Waals surface area contributed by atoms with E-state index in [4.69, 9.17) is 4.42 Å². The second-order valence-electron chi connectivity index (χ2n) is 7.93. The van der Waals surface area contributed by atoms with Gasteiger partial charge in [-0.1, -0.05) is 15.9 Å². The minimum absolute atomic E-state index is 0.0119. The van der Waals surface area contributed by atoms with Gasteiger partial charge in [-0.25, -0.2) is 5.43 Å². The van der Waals surface area contributed by atoms with Crippen LogP contribution < -0.4 is 16.3 Å². The van der Waals surface area contributed by atoms with Crippen molar-refractivity contribution in [1.29, 1.82) is 0 Å². The van der Waals surface area contributed by atoms with Crippen molar-refractivity contribution in [2.75, 3.05) is 0 Å². The van der Waals surface area contributed by atoms with E-state index in [1.165, 1.54) is 24.3 Å². The predicted molar refractivity (Wildman–Crippen MR) is 133 cm³/mol. The Kier molecular flexibility index (Phi) is 7.25. The van der Waals surface area contributed by atoms with E-state index in [9.17, 15) is 24.5 Å². The first-order chi connectivity index (χ1) is 17.2. The summed E-state index contributed by atoms with van der Waals surface area (Å²) in [5, 5.41) is 15.0. The number of carbonyl (C=O) groups excluding carboxylic acids is 3. The normalized spacial score (nSPS) is 13.6. The van der Waals surface area contributed by atoms with Crippen molar-refractivity contribution < 1.29 is 23.7 Å². The lowest BCUT2D eigenvalue weighted by Crippen LogP contribution is -2.41. The van der Waals surface area contributed by atoms with E-state index in [0.717, 1.165) is 10.9 Å². The third-order valence-corrected chi connectivity index (χ3v) is 6.09. The molecule has 1 aliphatic carbocycles. The molecule has 0 fully saturated rings. The topological polar surface area (TPSA) is 156 Å². The first kappa shape index (κ1) is 24.8. The molecule has 1 aliphatic rings. The van der Waals surface area contributed by atoms with Crippen molar-refractivity contribution in [3.05, 3.63) is 96.9 Å². The van der Waals surface area contributed by atoms with Gasteiger partial charge in [0.15, 0.2) is 5.76 Å². The van der Waals surface area contributed by atoms with Gasteiger partial charge >= 0.3 is 5.91 Å². The number of non-ortho nitro benzene ring substituents is 1. The number of halogens is 1. The number of nitrogens with one attached hydrogen (secondary N) is 3. The number of carbonyl (C=O) groups is 3. The Labute approximate surface area is 213 Å². The molecule has 1 aromatic heterocycles. The van der Waals surface area contributed by atoms with Crippen LogP contribution in [0.5, 0.6) is 0 Å². The SMILES string of the molecule is Cc1c(C(=O)NNC(=O)c2ccc([N+](=O)[O-])cc2)oc2c1/C(=N/NC(=O)c1ccc(Br)cc1)CCC2. The molecule has 0 radical (unpaired) electrons. The quantitative estimate of drug-likeness (QED) is 0.322. The molecule has 0 saturated carbocycles. The molecule has 1 heterocycles. The van der Waals surface area contributed by atoms with Crippen LogP contribution in [0.25, 0.3) is 0 Å². The fraction of sp³-hybridized carbons (Fsp3) is 0.167. The number of furan rings is 1. The number of nitrogens with zero attached hydrogens (tertiary/aromatic N) is 2. The molecule has 184 valence electrons. The number of aryl methyl sites for hydroxylation is 1. The minimum Gasteiger partial charge on any atom is -0.455 e. The van der Waals surface area contributed by atoms with Crippen molar-refractivity contribution in [2.24, 2.45) is 5.10 Å². The first-order valence-corrected chi connectivity index (χ1v) is 11.6. The molecule has 3 N–H and O–H groups in total. The molecule has 0 unspecified atom stereocenters. The number of hydrazine groups is 1. The van der Waals surface area contributed by atoms with Gasteiger partial charge in [-0.3, -0.25) is 35.3 Å². The maximum absolute atomic E-state index is 12.7. The molecule has 11 nitrogen and oxygen atoms in total. The Balaban J connectivity index is 1.45. The summed E-state index contributed by atoms with van der Waals surface area (Å²) in [6.07, 6.45) is 1.91. The molecule has 4 rings (SSSR count). The van der Waals surface area contributed by atoms with E-state index in [-0.39, 0.29) is 22.9 Å². The summed E-state index contributed by atoms with van der Waals surface area (Å²) < 4.78 is 6.63. The van der Waals surface area contributed by atoms with Gasteiger partial charge in [-0.2, -0.15) is 5.10 Å². The molecule has 0 aliphatic heterocycles. The van der Waals surface area contributed by atoms with E-state index in [2.05, 4.69) is 37.3 Å². The number of rotatable bonds is 5. The smallest absolute Gasteiger partial charge is 0.305 e. The fourth-order valence-electron chi connectivity index (χ4n) is 3.76. The monoisotopic (exact) mass is 553 g/mol. The number of hydrazone groups is 1. The summed E-state index contributed by atoms with van der Waals surface area (Å²) >= 11 is 3.33. The zero-order chi connectivity index (χ0) is 25.8. The lowest BCUT2D eigenvalue weighted by Gasteiger charge is -2.13. The zero-order valence-corrected chi connectivity index (χ0v) is 20.5. The molecule has 36 heavy (non-hydrogen) atoms. The van der Waals surface area contributed by atoms with Gasteiger partial charge in [0.25, 0.3) is 17.5 Å². The number of amides is 3. The van der Waals surface area contributed by atoms with E-state index < -0.39 is 16.7 Å². The van der Waals surface area contributed by atoms with Crippen molar-refractivity contribution >= 4 is 45.1 Å². The zero-order valence-electron chi connectivity index (χ0n) is 19.0. The lowest BCUT2D eigenvalue weighted by molar-refractivity contribution is -0.384. The number of hydrogen-bond donors (Lipinski definition) is 3. The highest BCUT2D eigenvalue weighted by Crippen LogP contribution is 2.29. The molecule has 0 spiro atoms. The Hall–Kier alpha value is -4.32. The lowest BCUT2D eigenvalue weighted by atomic mass is 9.93. The minimum atomic E-state index is -0.671. The fourth-order valence-corrected chi connectivity index (χ4v) is 4.02. The second-order valence-corrected chi connectivity index (χ2v) is 8.84. The maximum atomic E-state index is 12.7. The van der Waals surface area contributed by atoms with E-state index >= 15 is 0 Å². The highest BCUT2D eigenvalue weighted by atomic mass is 79.9. The summed E-state index contributed by atoms with van der Waals surface area (Å²) in [6, 6.07) is 11.8. The highest BCUT2D eigenvalue weighted by Gasteiger charge is 2.28. The molecule has 3 aromatic rings. The number of benzene rings is 2. The Bertz CT molecular complexity index is 1380. The van der Waals surface area contributed by atoms with Crippen molar-refractivity contribution in [3.63, 3.8) is 0 Å². The van der Waals surface area contributed by atoms with Gasteiger partial charge in [0, 0.05) is 45.3 Å². The van der Waals surface area contributed by atoms with E-state index in [0.29, 0.717) is 41.0 Å². The van der Waals surface area contributed by atoms with E-state index in [1.54, 1.807) is 31.2 Å². The average Bonchev–Trinajstić information content (AvgIpc) is 3.23. The van der Waals surface area contributed by atoms with Crippen LogP contribution in [0.15, 0.2) is 62.5 Å². The van der Waals surface area contributed by atoms with Gasteiger partial charge in [0.05, 0.1) is 10.6 Å². The number of fused-ring (bicyclic) bond motifs is 1. The average molecular weight is 554 g/mol. The largest absolute Gasteiger partial charge is 0.455 e. The molecule has 3 amide bonds. The molecular formula is C24H20BrN5O6. The van der Waals surface area contributed by atoms with Crippen LogP contribution in [0.1, 0.15) is 61.0 Å². The van der Waals surface area contributed by atoms with Gasteiger partial charge in [-0.15, -0.1) is 0 Å². The predicted octanol–water partition coefficient (Wildman–Crippen LogP) is 3.80. The summed E-state index contributed by atoms with van der Waals surface area (Å²) in [7, 11) is 0. The number of nitro groups is 1. The van der Waals surface area contributed by atoms with Gasteiger partial charge < -0.3 is 4.42 Å². The van der Waals surface area contributed by atoms with Gasteiger partial charge in [0.2, 0.25) is 0 Å². The van der Waals surface area contributed by atoms with Gasteiger partial charge in [-0.05, 0) is 56.2 Å². The van der Waals surface area contributed by atoms with Crippen molar-refractivity contribution in [2.45, 2.75) is 26.2 Å². The summed E-state index contributed by atoms with van der Waals surface area (Å²) in [4.78, 5) is 47.6. The molecular weight excluding hydrogens is 534 g/mol. The third-order valence-electron chi connectivity index (χ3n) is 5.56. The van der Waals surface area contributed by atoms with Crippen LogP contribution in [0.3, 0.4) is 0 Å². The summed E-state index contributed by atoms with van der Waals surface area (Å²) in [5.41, 5.74) is 9.33. The van der Waals surface area contributed by atoms with Crippen LogP contribution in [0.2, 0.25) is 0 Å². The number of hydrogen-bond acceptors (Lipinski definition) is 7. The highest BCUT2D eigenvalue weighted by molar-refractivity contribution is 9.10. The molecule has 0 bridgehead atoms. The van der Waals surface area contributed by atoms with E-state index in [1.807, 2.05) is 0 Å². The second kappa shape index (κ2) is 10.5. The molecule has 2 aromatic carbocycles. The third kappa shape index (κ3) is 5.33. The molecule has 0 saturated heterocycles. The summed E-state index contributed by atoms with van der Waals surface area (Å²) in [5.74, 6) is -1.10. The van der Waals surface area contributed by atoms with Crippen LogP contribution in [-0.2, 0) is 6.42 Å². The van der Waals surface area contributed by atoms with Crippen LogP contribution in [0.4, 0.5) is 5.69 Å². The van der Waals surface area contributed by atoms with Crippen molar-refractivity contribution in [3.8, 4) is 0 Å². The van der Waals surface area contributed by atoms with Crippen LogP contribution >= 0.6 is 15.9 Å². The van der Waals surface area contributed by atoms with Crippen molar-refractivity contribution in [1.82, 2.24) is 16.3 Å². The van der Waals surface area contributed by atoms with Crippen LogP contribution in [-0.4, -0.2) is 28.4 Å². The van der Waals surface area contributed by atoms with Gasteiger partial charge in [0.1, 0.15) is 5.76 Å². The molecule has 0 atom stereocenters. The maximum Gasteiger partial charge on any atom is 0.305 e. The molecule has 12 heteroatoms.